The molecule has 19 heavy (non-hydrogen) atoms. The smallest absolute Gasteiger partial charge is 0.171 e. The minimum atomic E-state index is 0.150. The van der Waals surface area contributed by atoms with Crippen LogP contribution in [0.5, 0.6) is 0 Å². The minimum absolute atomic E-state index is 0.150. The van der Waals surface area contributed by atoms with Crippen LogP contribution in [0.2, 0.25) is 0 Å². The van der Waals surface area contributed by atoms with Crippen LogP contribution in [0.4, 0.5) is 0 Å². The average molecular weight is 258 g/mol. The molecule has 0 aliphatic carbocycles. The van der Waals surface area contributed by atoms with E-state index in [0.29, 0.717) is 6.54 Å². The molecule has 0 saturated carbocycles. The Kier molecular flexibility index (Phi) is 3.50. The summed E-state index contributed by atoms with van der Waals surface area (Å²) in [5.74, 6) is 0.804. The lowest BCUT2D eigenvalue weighted by molar-refractivity contribution is 0.426. The van der Waals surface area contributed by atoms with Crippen molar-refractivity contribution in [3.8, 4) is 11.3 Å². The molecule has 1 heterocycles. The first-order valence-corrected chi connectivity index (χ1v) is 6.61. The van der Waals surface area contributed by atoms with E-state index < -0.39 is 0 Å². The maximum atomic E-state index is 5.78. The zero-order chi connectivity index (χ0) is 14.2. The SMILES string of the molecule is Cc1cc(C(C)(C)C)ccc1-c1onc(C)c1CN. The van der Waals surface area contributed by atoms with Crippen LogP contribution in [0.1, 0.15) is 43.2 Å². The van der Waals surface area contributed by atoms with Crippen LogP contribution in [-0.2, 0) is 12.0 Å². The van der Waals surface area contributed by atoms with Gasteiger partial charge in [0.1, 0.15) is 0 Å². The van der Waals surface area contributed by atoms with Crippen molar-refractivity contribution in [1.82, 2.24) is 5.16 Å². The molecule has 2 aromatic rings. The molecule has 0 atom stereocenters. The van der Waals surface area contributed by atoms with Crippen LogP contribution in [0.15, 0.2) is 22.7 Å². The summed E-state index contributed by atoms with van der Waals surface area (Å²) in [7, 11) is 0. The Hall–Kier alpha value is -1.61. The summed E-state index contributed by atoms with van der Waals surface area (Å²) in [6.07, 6.45) is 0. The van der Waals surface area contributed by atoms with Crippen molar-refractivity contribution in [3.05, 3.63) is 40.6 Å². The monoisotopic (exact) mass is 258 g/mol. The van der Waals surface area contributed by atoms with Gasteiger partial charge in [-0.1, -0.05) is 44.1 Å². The van der Waals surface area contributed by atoms with Gasteiger partial charge >= 0.3 is 0 Å². The third-order valence-electron chi connectivity index (χ3n) is 3.53. The normalized spacial score (nSPS) is 11.9. The summed E-state index contributed by atoms with van der Waals surface area (Å²) in [6.45, 7) is 11.1. The van der Waals surface area contributed by atoms with E-state index in [2.05, 4.69) is 51.1 Å². The zero-order valence-electron chi connectivity index (χ0n) is 12.4. The Labute approximate surface area is 114 Å². The molecule has 0 saturated heterocycles. The molecule has 102 valence electrons. The first-order valence-electron chi connectivity index (χ1n) is 6.61. The van der Waals surface area contributed by atoms with Gasteiger partial charge in [-0.25, -0.2) is 0 Å². The summed E-state index contributed by atoms with van der Waals surface area (Å²) in [5.41, 5.74) is 11.4. The Morgan fingerprint density at radius 2 is 1.89 bits per heavy atom. The molecule has 0 bridgehead atoms. The predicted molar refractivity (Wildman–Crippen MR) is 78.0 cm³/mol. The van der Waals surface area contributed by atoms with Gasteiger partial charge < -0.3 is 10.3 Å². The number of benzene rings is 1. The van der Waals surface area contributed by atoms with Crippen molar-refractivity contribution in [3.63, 3.8) is 0 Å². The van der Waals surface area contributed by atoms with E-state index in [4.69, 9.17) is 10.3 Å². The van der Waals surface area contributed by atoms with E-state index in [0.717, 1.165) is 22.6 Å². The van der Waals surface area contributed by atoms with Crippen LogP contribution in [-0.4, -0.2) is 5.16 Å². The average Bonchev–Trinajstić information content (AvgIpc) is 2.69. The molecule has 0 fully saturated rings. The van der Waals surface area contributed by atoms with Gasteiger partial charge in [0, 0.05) is 17.7 Å². The molecule has 1 aromatic heterocycles. The Balaban J connectivity index is 2.52. The van der Waals surface area contributed by atoms with Crippen LogP contribution in [0, 0.1) is 13.8 Å². The molecule has 3 heteroatoms. The van der Waals surface area contributed by atoms with Crippen LogP contribution in [0.3, 0.4) is 0 Å². The molecular formula is C16H22N2O. The van der Waals surface area contributed by atoms with Crippen molar-refractivity contribution >= 4 is 0 Å². The van der Waals surface area contributed by atoms with Crippen molar-refractivity contribution < 1.29 is 4.52 Å². The summed E-state index contributed by atoms with van der Waals surface area (Å²) < 4.78 is 5.45. The maximum absolute atomic E-state index is 5.78. The highest BCUT2D eigenvalue weighted by Gasteiger charge is 2.18. The van der Waals surface area contributed by atoms with Gasteiger partial charge in [-0.05, 0) is 30.4 Å². The number of hydrogen-bond acceptors (Lipinski definition) is 3. The molecular weight excluding hydrogens is 236 g/mol. The molecule has 3 nitrogen and oxygen atoms in total. The van der Waals surface area contributed by atoms with Crippen LogP contribution >= 0.6 is 0 Å². The van der Waals surface area contributed by atoms with Gasteiger partial charge in [0.2, 0.25) is 0 Å². The number of nitrogens with zero attached hydrogens (tertiary/aromatic N) is 1. The predicted octanol–water partition coefficient (Wildman–Crippen LogP) is 3.71. The van der Waals surface area contributed by atoms with E-state index in [9.17, 15) is 0 Å². The highest BCUT2D eigenvalue weighted by molar-refractivity contribution is 5.66. The number of aromatic nitrogens is 1. The molecule has 0 unspecified atom stereocenters. The summed E-state index contributed by atoms with van der Waals surface area (Å²) >= 11 is 0. The lowest BCUT2D eigenvalue weighted by Crippen LogP contribution is -2.11. The minimum Gasteiger partial charge on any atom is -0.356 e. The topological polar surface area (TPSA) is 52.0 Å². The standard InChI is InChI=1S/C16H22N2O/c1-10-8-12(16(3,4)5)6-7-13(10)15-14(9-17)11(2)18-19-15/h6-8H,9,17H2,1-5H3. The zero-order valence-corrected chi connectivity index (χ0v) is 12.4. The van der Waals surface area contributed by atoms with Gasteiger partial charge in [0.15, 0.2) is 5.76 Å². The highest BCUT2D eigenvalue weighted by Crippen LogP contribution is 2.32. The fourth-order valence-electron chi connectivity index (χ4n) is 2.23. The van der Waals surface area contributed by atoms with Crippen molar-refractivity contribution in [1.29, 1.82) is 0 Å². The Morgan fingerprint density at radius 3 is 2.42 bits per heavy atom. The summed E-state index contributed by atoms with van der Waals surface area (Å²) in [6, 6.07) is 6.48. The van der Waals surface area contributed by atoms with Gasteiger partial charge in [-0.2, -0.15) is 0 Å². The first kappa shape index (κ1) is 13.8. The quantitative estimate of drug-likeness (QED) is 0.893. The van der Waals surface area contributed by atoms with E-state index in [1.807, 2.05) is 6.92 Å². The molecule has 0 radical (unpaired) electrons. The molecule has 2 rings (SSSR count). The lowest BCUT2D eigenvalue weighted by atomic mass is 9.85. The number of hydrogen-bond donors (Lipinski definition) is 1. The van der Waals surface area contributed by atoms with Crippen molar-refractivity contribution in [2.75, 3.05) is 0 Å². The van der Waals surface area contributed by atoms with Crippen LogP contribution in [0.25, 0.3) is 11.3 Å². The second kappa shape index (κ2) is 4.82. The largest absolute Gasteiger partial charge is 0.356 e. The lowest BCUT2D eigenvalue weighted by Gasteiger charge is -2.20. The molecule has 0 aliphatic heterocycles. The van der Waals surface area contributed by atoms with Gasteiger partial charge in [-0.15, -0.1) is 0 Å². The van der Waals surface area contributed by atoms with Gasteiger partial charge in [-0.3, -0.25) is 0 Å². The van der Waals surface area contributed by atoms with Gasteiger partial charge in [0.05, 0.1) is 5.69 Å². The Morgan fingerprint density at radius 1 is 1.21 bits per heavy atom. The molecule has 0 amide bonds. The second-order valence-electron chi connectivity index (χ2n) is 6.06. The molecule has 1 aromatic carbocycles. The summed E-state index contributed by atoms with van der Waals surface area (Å²) in [4.78, 5) is 0. The maximum Gasteiger partial charge on any atom is 0.171 e. The van der Waals surface area contributed by atoms with Crippen molar-refractivity contribution in [2.24, 2.45) is 5.73 Å². The fourth-order valence-corrected chi connectivity index (χ4v) is 2.23. The third kappa shape index (κ3) is 2.56. The first-order chi connectivity index (χ1) is 8.84. The third-order valence-corrected chi connectivity index (χ3v) is 3.53. The van der Waals surface area contributed by atoms with Crippen LogP contribution < -0.4 is 5.73 Å². The Bertz CT molecular complexity index is 591. The summed E-state index contributed by atoms with van der Waals surface area (Å²) in [5, 5.41) is 4.02. The van der Waals surface area contributed by atoms with E-state index in [1.165, 1.54) is 11.1 Å². The highest BCUT2D eigenvalue weighted by atomic mass is 16.5. The molecule has 2 N–H and O–H groups in total. The van der Waals surface area contributed by atoms with Crippen molar-refractivity contribution in [2.45, 2.75) is 46.6 Å². The molecule has 0 aliphatic rings. The second-order valence-corrected chi connectivity index (χ2v) is 6.06. The fraction of sp³-hybridized carbons (Fsp3) is 0.438. The van der Waals surface area contributed by atoms with E-state index in [1.54, 1.807) is 0 Å². The number of rotatable bonds is 2. The number of aryl methyl sites for hydroxylation is 2. The van der Waals surface area contributed by atoms with E-state index >= 15 is 0 Å². The number of nitrogens with two attached hydrogens (primary N) is 1. The van der Waals surface area contributed by atoms with Gasteiger partial charge in [0.25, 0.3) is 0 Å². The molecule has 0 spiro atoms. The van der Waals surface area contributed by atoms with E-state index in [-0.39, 0.29) is 5.41 Å².